The zero-order valence-electron chi connectivity index (χ0n) is 12.8. The third-order valence-corrected chi connectivity index (χ3v) is 5.12. The highest BCUT2D eigenvalue weighted by molar-refractivity contribution is 7.92. The van der Waals surface area contributed by atoms with Crippen LogP contribution >= 0.6 is 0 Å². The summed E-state index contributed by atoms with van der Waals surface area (Å²) in [5, 5.41) is 0. The fourth-order valence-corrected chi connectivity index (χ4v) is 3.61. The summed E-state index contributed by atoms with van der Waals surface area (Å²) in [5.41, 5.74) is 2.77. The van der Waals surface area contributed by atoms with Gasteiger partial charge in [0.15, 0.2) is 0 Å². The number of nitrogens with one attached hydrogen (secondary N) is 4. The zero-order valence-corrected chi connectivity index (χ0v) is 13.6. The van der Waals surface area contributed by atoms with E-state index in [-0.39, 0.29) is 10.6 Å². The number of imidazole rings is 2. The normalized spacial score (nSPS) is 11.7. The van der Waals surface area contributed by atoms with Crippen LogP contribution in [0.25, 0.3) is 22.3 Å². The van der Waals surface area contributed by atoms with E-state index in [9.17, 15) is 13.2 Å². The summed E-state index contributed by atoms with van der Waals surface area (Å²) in [6.07, 6.45) is 3.26. The molecule has 4 rings (SSSR count). The Balaban J connectivity index is 1.62. The number of rotatable bonds is 4. The first-order valence-corrected chi connectivity index (χ1v) is 8.83. The Kier molecular flexibility index (Phi) is 3.43. The van der Waals surface area contributed by atoms with Crippen molar-refractivity contribution in [2.75, 3.05) is 4.72 Å². The number of hydrogen-bond acceptors (Lipinski definition) is 4. The maximum absolute atomic E-state index is 12.5. The fraction of sp³-hybridized carbons (Fsp3) is 0. The van der Waals surface area contributed by atoms with Crippen LogP contribution in [0.4, 0.5) is 5.69 Å². The molecule has 0 aliphatic rings. The molecule has 0 saturated carbocycles. The summed E-state index contributed by atoms with van der Waals surface area (Å²) < 4.78 is 27.6. The largest absolute Gasteiger partial charge is 0.345 e. The number of anilines is 1. The highest BCUT2D eigenvalue weighted by atomic mass is 32.2. The van der Waals surface area contributed by atoms with E-state index in [1.807, 2.05) is 0 Å². The van der Waals surface area contributed by atoms with Crippen molar-refractivity contribution in [3.05, 3.63) is 65.5 Å². The third kappa shape index (κ3) is 2.92. The molecule has 2 heterocycles. The third-order valence-electron chi connectivity index (χ3n) is 3.74. The van der Waals surface area contributed by atoms with Gasteiger partial charge in [-0.1, -0.05) is 12.1 Å². The molecule has 0 fully saturated rings. The lowest BCUT2D eigenvalue weighted by molar-refractivity contribution is 0.601. The van der Waals surface area contributed by atoms with E-state index in [0.29, 0.717) is 16.7 Å². The smallest absolute Gasteiger partial charge is 0.323 e. The molecule has 2 aromatic heterocycles. The van der Waals surface area contributed by atoms with Crippen LogP contribution in [0.5, 0.6) is 0 Å². The second-order valence-corrected chi connectivity index (χ2v) is 7.12. The molecule has 2 aromatic carbocycles. The van der Waals surface area contributed by atoms with Gasteiger partial charge in [0.05, 0.1) is 34.1 Å². The quantitative estimate of drug-likeness (QED) is 0.447. The summed E-state index contributed by atoms with van der Waals surface area (Å²) in [4.78, 5) is 23.4. The van der Waals surface area contributed by atoms with E-state index in [4.69, 9.17) is 0 Å². The standard InChI is InChI=1S/C16H13N5O3S/c22-16-19-13-6-5-12(7-14(13)20-16)25(23,24)21-11-3-1-10(2-4-11)15-8-17-9-18-15/h1-9,21H,(H,17,18)(H2,19,20,22). The number of hydrogen-bond donors (Lipinski definition) is 4. The van der Waals surface area contributed by atoms with Crippen molar-refractivity contribution in [1.82, 2.24) is 19.9 Å². The van der Waals surface area contributed by atoms with Crippen LogP contribution < -0.4 is 10.4 Å². The lowest BCUT2D eigenvalue weighted by atomic mass is 10.1. The van der Waals surface area contributed by atoms with Gasteiger partial charge in [0.1, 0.15) is 0 Å². The molecule has 8 nitrogen and oxygen atoms in total. The highest BCUT2D eigenvalue weighted by Crippen LogP contribution is 2.22. The van der Waals surface area contributed by atoms with Gasteiger partial charge in [-0.3, -0.25) is 4.72 Å². The summed E-state index contributed by atoms with van der Waals surface area (Å²) >= 11 is 0. The van der Waals surface area contributed by atoms with Gasteiger partial charge in [-0.05, 0) is 35.9 Å². The zero-order chi connectivity index (χ0) is 17.4. The Morgan fingerprint density at radius 1 is 0.960 bits per heavy atom. The summed E-state index contributed by atoms with van der Waals surface area (Å²) in [6, 6.07) is 11.3. The van der Waals surface area contributed by atoms with E-state index in [0.717, 1.165) is 11.3 Å². The van der Waals surface area contributed by atoms with E-state index >= 15 is 0 Å². The van der Waals surface area contributed by atoms with E-state index < -0.39 is 10.0 Å². The SMILES string of the molecule is O=c1[nH]c2ccc(S(=O)(=O)Nc3ccc(-c4cnc[nH]4)cc3)cc2[nH]1. The maximum atomic E-state index is 12.5. The molecular weight excluding hydrogens is 342 g/mol. The van der Waals surface area contributed by atoms with Crippen molar-refractivity contribution in [3.63, 3.8) is 0 Å². The number of aromatic amines is 3. The maximum Gasteiger partial charge on any atom is 0.323 e. The number of aromatic nitrogens is 4. The molecule has 0 bridgehead atoms. The molecule has 0 radical (unpaired) electrons. The lowest BCUT2D eigenvalue weighted by Gasteiger charge is -2.08. The number of fused-ring (bicyclic) bond motifs is 1. The van der Waals surface area contributed by atoms with Gasteiger partial charge >= 0.3 is 5.69 Å². The molecule has 25 heavy (non-hydrogen) atoms. The van der Waals surface area contributed by atoms with Gasteiger partial charge in [0, 0.05) is 5.69 Å². The highest BCUT2D eigenvalue weighted by Gasteiger charge is 2.15. The van der Waals surface area contributed by atoms with Crippen molar-refractivity contribution in [1.29, 1.82) is 0 Å². The van der Waals surface area contributed by atoms with E-state index in [1.165, 1.54) is 12.1 Å². The second-order valence-electron chi connectivity index (χ2n) is 5.43. The van der Waals surface area contributed by atoms with Crippen molar-refractivity contribution in [2.45, 2.75) is 4.90 Å². The molecule has 0 saturated heterocycles. The first-order valence-electron chi connectivity index (χ1n) is 7.35. The predicted octanol–water partition coefficient (Wildman–Crippen LogP) is 2.05. The molecule has 4 aromatic rings. The monoisotopic (exact) mass is 355 g/mol. The number of H-pyrrole nitrogens is 3. The average Bonchev–Trinajstić information content (AvgIpc) is 3.22. The fourth-order valence-electron chi connectivity index (χ4n) is 2.52. The summed E-state index contributed by atoms with van der Waals surface area (Å²) in [7, 11) is -3.77. The minimum atomic E-state index is -3.77. The molecule has 0 aliphatic heterocycles. The predicted molar refractivity (Wildman–Crippen MR) is 93.8 cm³/mol. The lowest BCUT2D eigenvalue weighted by Crippen LogP contribution is -2.12. The van der Waals surface area contributed by atoms with Crippen LogP contribution in [-0.4, -0.2) is 28.4 Å². The first kappa shape index (κ1) is 15.2. The Labute approximate surface area is 142 Å². The minimum absolute atomic E-state index is 0.0629. The Hall–Kier alpha value is -3.33. The number of benzene rings is 2. The van der Waals surface area contributed by atoms with Gasteiger partial charge in [-0.25, -0.2) is 18.2 Å². The summed E-state index contributed by atoms with van der Waals surface area (Å²) in [6.45, 7) is 0. The molecule has 0 atom stereocenters. The Morgan fingerprint density at radius 3 is 2.44 bits per heavy atom. The summed E-state index contributed by atoms with van der Waals surface area (Å²) in [5.74, 6) is 0. The molecular formula is C16H13N5O3S. The van der Waals surface area contributed by atoms with Gasteiger partial charge in [0.25, 0.3) is 10.0 Å². The van der Waals surface area contributed by atoms with Crippen molar-refractivity contribution < 1.29 is 8.42 Å². The molecule has 4 N–H and O–H groups in total. The van der Waals surface area contributed by atoms with Crippen LogP contribution in [0.2, 0.25) is 0 Å². The number of nitrogens with zero attached hydrogens (tertiary/aromatic N) is 1. The Morgan fingerprint density at radius 2 is 1.72 bits per heavy atom. The van der Waals surface area contributed by atoms with Crippen molar-refractivity contribution >= 4 is 26.7 Å². The first-order chi connectivity index (χ1) is 12.0. The molecule has 0 aliphatic carbocycles. The number of sulfonamides is 1. The topological polar surface area (TPSA) is 124 Å². The van der Waals surface area contributed by atoms with Crippen LogP contribution in [0, 0.1) is 0 Å². The van der Waals surface area contributed by atoms with Crippen molar-refractivity contribution in [3.8, 4) is 11.3 Å². The molecule has 126 valence electrons. The van der Waals surface area contributed by atoms with Crippen LogP contribution in [-0.2, 0) is 10.0 Å². The van der Waals surface area contributed by atoms with Crippen LogP contribution in [0.3, 0.4) is 0 Å². The van der Waals surface area contributed by atoms with Gasteiger partial charge in [0.2, 0.25) is 0 Å². The van der Waals surface area contributed by atoms with Gasteiger partial charge in [-0.15, -0.1) is 0 Å². The van der Waals surface area contributed by atoms with Gasteiger partial charge in [-0.2, -0.15) is 0 Å². The van der Waals surface area contributed by atoms with Crippen LogP contribution in [0.15, 0.2) is 64.7 Å². The molecule has 0 amide bonds. The van der Waals surface area contributed by atoms with Gasteiger partial charge < -0.3 is 15.0 Å². The molecule has 9 heteroatoms. The molecule has 0 unspecified atom stereocenters. The van der Waals surface area contributed by atoms with E-state index in [1.54, 1.807) is 42.9 Å². The van der Waals surface area contributed by atoms with Crippen molar-refractivity contribution in [2.24, 2.45) is 0 Å². The molecule has 0 spiro atoms. The minimum Gasteiger partial charge on any atom is -0.345 e. The Bertz CT molecular complexity index is 1190. The van der Waals surface area contributed by atoms with Crippen LogP contribution in [0.1, 0.15) is 0 Å². The average molecular weight is 355 g/mol. The second kappa shape index (κ2) is 5.64. The van der Waals surface area contributed by atoms with E-state index in [2.05, 4.69) is 24.7 Å².